The highest BCUT2D eigenvalue weighted by atomic mass is 35.5. The summed E-state index contributed by atoms with van der Waals surface area (Å²) in [6.07, 6.45) is -11.2. The van der Waals surface area contributed by atoms with Crippen LogP contribution in [0, 0.1) is 13.8 Å². The van der Waals surface area contributed by atoms with Gasteiger partial charge in [-0.2, -0.15) is 26.3 Å². The molecule has 0 fully saturated rings. The largest absolute Gasteiger partial charge is 0.435 e. The fourth-order valence-electron chi connectivity index (χ4n) is 3.51. The third kappa shape index (κ3) is 4.05. The second kappa shape index (κ2) is 8.03. The van der Waals surface area contributed by atoms with Crippen LogP contribution >= 0.6 is 11.6 Å². The predicted octanol–water partition coefficient (Wildman–Crippen LogP) is 7.22. The van der Waals surface area contributed by atoms with Gasteiger partial charge in [0.05, 0.1) is 10.5 Å². The van der Waals surface area contributed by atoms with Gasteiger partial charge in [0.1, 0.15) is 0 Å². The van der Waals surface area contributed by atoms with Gasteiger partial charge in [0.25, 0.3) is 0 Å². The summed E-state index contributed by atoms with van der Waals surface area (Å²) in [7, 11) is 0. The quantitative estimate of drug-likeness (QED) is 0.293. The van der Waals surface area contributed by atoms with Crippen LogP contribution in [0.1, 0.15) is 32.6 Å². The van der Waals surface area contributed by atoms with Crippen molar-refractivity contribution in [2.75, 3.05) is 0 Å². The maximum absolute atomic E-state index is 14.4. The second-order valence-electron chi connectivity index (χ2n) is 7.37. The zero-order valence-corrected chi connectivity index (χ0v) is 17.4. The van der Waals surface area contributed by atoms with Crippen LogP contribution in [0.15, 0.2) is 42.6 Å². The second-order valence-corrected chi connectivity index (χ2v) is 7.77. The van der Waals surface area contributed by atoms with E-state index < -0.39 is 29.4 Å². The van der Waals surface area contributed by atoms with Crippen LogP contribution in [0.2, 0.25) is 5.02 Å². The molecule has 0 atom stereocenters. The fourth-order valence-corrected chi connectivity index (χ4v) is 3.72. The van der Waals surface area contributed by atoms with Gasteiger partial charge in [-0.25, -0.2) is 4.39 Å². The van der Waals surface area contributed by atoms with E-state index >= 15 is 0 Å². The van der Waals surface area contributed by atoms with Gasteiger partial charge in [0.2, 0.25) is 0 Å². The Hall–Kier alpha value is -2.68. The van der Waals surface area contributed by atoms with E-state index in [4.69, 9.17) is 11.6 Å². The molecular weight excluding hydrogens is 463 g/mol. The Morgan fingerprint density at radius 1 is 0.906 bits per heavy atom. The molecule has 1 aromatic heterocycles. The summed E-state index contributed by atoms with van der Waals surface area (Å²) >= 11 is 6.11. The molecule has 1 heterocycles. The first-order valence-electron chi connectivity index (χ1n) is 9.17. The number of aryl methyl sites for hydroxylation is 2. The summed E-state index contributed by atoms with van der Waals surface area (Å²) in [6.45, 7) is 2.46. The summed E-state index contributed by atoms with van der Waals surface area (Å²) < 4.78 is 92.9. The fraction of sp³-hybridized carbons (Fsp3) is 0.273. The number of halogens is 8. The standard InChI is InChI=1S/C22H15ClF7NO/c1-11-7-14(20(24,21(25,26)27)22(28,29)30)8-12(2)15(11)10-19(32)13-3-4-18-16(9-13)17(23)5-6-31-18/h3-9H,10H2,1-2H3. The Kier molecular flexibility index (Phi) is 6.01. The molecule has 170 valence electrons. The Morgan fingerprint density at radius 2 is 1.47 bits per heavy atom. The third-order valence-corrected chi connectivity index (χ3v) is 5.55. The molecule has 0 spiro atoms. The molecule has 2 nitrogen and oxygen atoms in total. The molecule has 0 unspecified atom stereocenters. The minimum Gasteiger partial charge on any atom is -0.294 e. The van der Waals surface area contributed by atoms with E-state index in [-0.39, 0.29) is 28.7 Å². The molecule has 0 aliphatic carbocycles. The van der Waals surface area contributed by atoms with Gasteiger partial charge >= 0.3 is 18.0 Å². The van der Waals surface area contributed by atoms with Gasteiger partial charge in [-0.05, 0) is 54.8 Å². The number of alkyl halides is 7. The van der Waals surface area contributed by atoms with E-state index in [1.807, 2.05) is 0 Å². The Bertz CT molecular complexity index is 1160. The maximum Gasteiger partial charge on any atom is 0.435 e. The van der Waals surface area contributed by atoms with E-state index in [2.05, 4.69) is 4.98 Å². The highest BCUT2D eigenvalue weighted by Crippen LogP contribution is 2.53. The lowest BCUT2D eigenvalue weighted by Crippen LogP contribution is -2.50. The molecule has 32 heavy (non-hydrogen) atoms. The first-order valence-corrected chi connectivity index (χ1v) is 9.55. The smallest absolute Gasteiger partial charge is 0.294 e. The SMILES string of the molecule is Cc1cc(C(F)(C(F)(F)F)C(F)(F)F)cc(C)c1CC(=O)c1ccc2nccc(Cl)c2c1. The number of aromatic nitrogens is 1. The van der Waals surface area contributed by atoms with Crippen LogP contribution in [-0.2, 0) is 12.1 Å². The van der Waals surface area contributed by atoms with Crippen molar-refractivity contribution in [3.05, 3.63) is 75.4 Å². The first kappa shape index (κ1) is 24.0. The lowest BCUT2D eigenvalue weighted by molar-refractivity contribution is -0.348. The molecule has 10 heteroatoms. The first-order chi connectivity index (χ1) is 14.7. The van der Waals surface area contributed by atoms with Gasteiger partial charge in [-0.3, -0.25) is 9.78 Å². The minimum atomic E-state index is -6.21. The lowest BCUT2D eigenvalue weighted by atomic mass is 9.87. The Balaban J connectivity index is 2.00. The molecule has 0 saturated heterocycles. The van der Waals surface area contributed by atoms with Gasteiger partial charge in [0, 0.05) is 29.1 Å². The van der Waals surface area contributed by atoms with Crippen LogP contribution < -0.4 is 0 Å². The highest BCUT2D eigenvalue weighted by Gasteiger charge is 2.73. The number of nitrogens with zero attached hydrogens (tertiary/aromatic N) is 1. The van der Waals surface area contributed by atoms with Crippen LogP contribution in [0.5, 0.6) is 0 Å². The van der Waals surface area contributed by atoms with Crippen molar-refractivity contribution in [1.82, 2.24) is 4.98 Å². The number of benzene rings is 2. The highest BCUT2D eigenvalue weighted by molar-refractivity contribution is 6.35. The number of fused-ring (bicyclic) bond motifs is 1. The number of ketones is 1. The molecule has 0 saturated carbocycles. The summed E-state index contributed by atoms with van der Waals surface area (Å²) in [6, 6.07) is 7.07. The van der Waals surface area contributed by atoms with E-state index in [0.717, 1.165) is 0 Å². The minimum absolute atomic E-state index is 0.0654. The van der Waals surface area contributed by atoms with Crippen molar-refractivity contribution >= 4 is 28.3 Å². The molecule has 0 aliphatic rings. The van der Waals surface area contributed by atoms with E-state index in [9.17, 15) is 35.5 Å². The Labute approximate surface area is 183 Å². The van der Waals surface area contributed by atoms with E-state index in [0.29, 0.717) is 28.1 Å². The molecular formula is C22H15ClF7NO. The summed E-state index contributed by atoms with van der Waals surface area (Å²) in [5, 5.41) is 0.876. The van der Waals surface area contributed by atoms with E-state index in [1.165, 1.54) is 38.2 Å². The molecule has 0 bridgehead atoms. The number of rotatable bonds is 4. The molecule has 0 radical (unpaired) electrons. The monoisotopic (exact) mass is 477 g/mol. The molecule has 3 rings (SSSR count). The number of hydrogen-bond donors (Lipinski definition) is 0. The van der Waals surface area contributed by atoms with Gasteiger partial charge in [-0.1, -0.05) is 23.7 Å². The topological polar surface area (TPSA) is 30.0 Å². The zero-order valence-electron chi connectivity index (χ0n) is 16.6. The van der Waals surface area contributed by atoms with Gasteiger partial charge in [-0.15, -0.1) is 0 Å². The number of hydrogen-bond acceptors (Lipinski definition) is 2. The van der Waals surface area contributed by atoms with Crippen molar-refractivity contribution in [2.24, 2.45) is 0 Å². The van der Waals surface area contributed by atoms with Crippen LogP contribution in [0.4, 0.5) is 30.7 Å². The molecule has 0 N–H and O–H groups in total. The third-order valence-electron chi connectivity index (χ3n) is 5.22. The summed E-state index contributed by atoms with van der Waals surface area (Å²) in [4.78, 5) is 16.9. The normalized spacial score (nSPS) is 12.9. The number of pyridine rings is 1. The summed E-state index contributed by atoms with van der Waals surface area (Å²) in [5.41, 5.74) is -6.24. The van der Waals surface area contributed by atoms with Crippen LogP contribution in [0.3, 0.4) is 0 Å². The summed E-state index contributed by atoms with van der Waals surface area (Å²) in [5.74, 6) is -0.441. The van der Waals surface area contributed by atoms with Crippen molar-refractivity contribution in [3.8, 4) is 0 Å². The average Bonchev–Trinajstić information content (AvgIpc) is 2.68. The van der Waals surface area contributed by atoms with Crippen molar-refractivity contribution < 1.29 is 35.5 Å². The van der Waals surface area contributed by atoms with Crippen LogP contribution in [-0.4, -0.2) is 23.1 Å². The molecule has 2 aromatic carbocycles. The average molecular weight is 478 g/mol. The molecule has 0 amide bonds. The zero-order chi connectivity index (χ0) is 24.1. The molecule has 0 aliphatic heterocycles. The van der Waals surface area contributed by atoms with E-state index in [1.54, 1.807) is 6.07 Å². The van der Waals surface area contributed by atoms with Crippen molar-refractivity contribution in [1.29, 1.82) is 0 Å². The lowest BCUT2D eigenvalue weighted by Gasteiger charge is -2.31. The van der Waals surface area contributed by atoms with Crippen molar-refractivity contribution in [3.63, 3.8) is 0 Å². The molecule has 3 aromatic rings. The van der Waals surface area contributed by atoms with Crippen LogP contribution in [0.25, 0.3) is 10.9 Å². The Morgan fingerprint density at radius 3 is 2.00 bits per heavy atom. The predicted molar refractivity (Wildman–Crippen MR) is 106 cm³/mol. The number of carbonyl (C=O) groups excluding carboxylic acids is 1. The number of carbonyl (C=O) groups is 1. The van der Waals surface area contributed by atoms with Gasteiger partial charge in [0.15, 0.2) is 5.78 Å². The number of Topliss-reactive ketones (excluding diaryl/α,β-unsaturated/α-hetero) is 1. The van der Waals surface area contributed by atoms with Gasteiger partial charge < -0.3 is 0 Å². The van der Waals surface area contributed by atoms with Crippen molar-refractivity contribution in [2.45, 2.75) is 38.3 Å². The maximum atomic E-state index is 14.4.